The Hall–Kier alpha value is -17.3. The monoisotopic (exact) mass is 1850 g/mol. The van der Waals surface area contributed by atoms with Gasteiger partial charge in [0.05, 0.1) is 27.8 Å². The molecule has 15 heteroatoms. The molecule has 0 atom stereocenters. The van der Waals surface area contributed by atoms with E-state index in [4.69, 9.17) is 30.3 Å². The number of aryl methyl sites for hydroxylation is 16. The van der Waals surface area contributed by atoms with Crippen LogP contribution in [-0.4, -0.2) is 24.9 Å². The Morgan fingerprint density at radius 2 is 0.475 bits per heavy atom. The van der Waals surface area contributed by atoms with Crippen LogP contribution in [0.4, 0.5) is 0 Å². The van der Waals surface area contributed by atoms with E-state index in [2.05, 4.69) is 315 Å². The van der Waals surface area contributed by atoms with Crippen molar-refractivity contribution in [3.8, 4) is 112 Å². The van der Waals surface area contributed by atoms with Crippen molar-refractivity contribution < 1.29 is 53.1 Å². The first-order valence-corrected chi connectivity index (χ1v) is 47.2. The molecule has 141 heavy (non-hydrogen) atoms. The molecule has 25 aromatic rings. The zero-order chi connectivity index (χ0) is 102. The summed E-state index contributed by atoms with van der Waals surface area (Å²) in [5.74, 6) is 0. The maximum Gasteiger partial charge on any atom is 0.227 e. The van der Waals surface area contributed by atoms with Crippen molar-refractivity contribution >= 4 is 110 Å². The molecule has 15 aromatic heterocycles. The zero-order valence-electron chi connectivity index (χ0n) is 87.1. The molecule has 0 spiro atoms. The van der Waals surface area contributed by atoms with Crippen LogP contribution in [0.15, 0.2) is 381 Å². The first-order valence-electron chi connectivity index (χ1n) is 50.2. The summed E-state index contributed by atoms with van der Waals surface area (Å²) >= 11 is 0. The van der Waals surface area contributed by atoms with Gasteiger partial charge in [-0.25, -0.2) is 47.8 Å². The van der Waals surface area contributed by atoms with Crippen molar-refractivity contribution in [3.05, 3.63) is 420 Å². The van der Waals surface area contributed by atoms with E-state index in [1.165, 1.54) is 72.3 Å². The molecular formula is C126H107N10O5+5. The average Bonchev–Trinajstić information content (AvgIpc) is 1.60. The molecule has 0 N–H and O–H groups in total. The Labute approximate surface area is 827 Å². The summed E-state index contributed by atoms with van der Waals surface area (Å²) in [6.07, 6.45) is 18.9. The van der Waals surface area contributed by atoms with Gasteiger partial charge in [-0.3, -0.25) is 0 Å². The molecule has 0 aliphatic rings. The summed E-state index contributed by atoms with van der Waals surface area (Å²) in [6, 6.07) is 101. The smallest absolute Gasteiger partial charge is 0.227 e. The van der Waals surface area contributed by atoms with E-state index >= 15 is 0 Å². The molecule has 0 aliphatic carbocycles. The third kappa shape index (κ3) is 16.9. The number of pyridine rings is 10. The Balaban J connectivity index is 0.000000108. The maximum absolute atomic E-state index is 8.10. The van der Waals surface area contributed by atoms with E-state index in [-0.39, 0.29) is 5.56 Å². The van der Waals surface area contributed by atoms with Gasteiger partial charge in [-0.2, -0.15) is 0 Å². The van der Waals surface area contributed by atoms with Crippen LogP contribution in [0.5, 0.6) is 0 Å². The lowest BCUT2D eigenvalue weighted by molar-refractivity contribution is -0.660. The number of fused-ring (bicyclic) bond motifs is 15. The molecule has 0 amide bonds. The molecule has 0 aliphatic heterocycles. The molecule has 0 fully saturated rings. The van der Waals surface area contributed by atoms with Crippen molar-refractivity contribution in [3.63, 3.8) is 0 Å². The van der Waals surface area contributed by atoms with Crippen molar-refractivity contribution in [1.29, 1.82) is 0 Å². The minimum absolute atomic E-state index is 0.289. The number of aromatic nitrogens is 10. The van der Waals surface area contributed by atoms with Crippen molar-refractivity contribution in [2.24, 2.45) is 35.2 Å². The topological polar surface area (TPSA) is 150 Å². The summed E-state index contributed by atoms with van der Waals surface area (Å²) < 4.78 is 90.1. The highest BCUT2D eigenvalue weighted by molar-refractivity contribution is 6.15. The summed E-state index contributed by atoms with van der Waals surface area (Å²) in [6.45, 7) is 14.5. The third-order valence-corrected chi connectivity index (χ3v) is 27.1. The second-order valence-electron chi connectivity index (χ2n) is 36.5. The van der Waals surface area contributed by atoms with Crippen molar-refractivity contribution in [2.45, 2.75) is 76.0 Å². The lowest BCUT2D eigenvalue weighted by Crippen LogP contribution is -2.31. The van der Waals surface area contributed by atoms with E-state index in [1.54, 1.807) is 49.3 Å². The Bertz CT molecular complexity index is 9450. The highest BCUT2D eigenvalue weighted by Gasteiger charge is 2.31. The fraction of sp³-hybridized carbons (Fsp3) is 0.127. The lowest BCUT2D eigenvalue weighted by Gasteiger charge is -2.11. The molecule has 0 saturated carbocycles. The van der Waals surface area contributed by atoms with Gasteiger partial charge < -0.3 is 22.1 Å². The number of hydrogen-bond donors (Lipinski definition) is 0. The molecule has 25 rings (SSSR count). The largest absolute Gasteiger partial charge is 0.437 e. The number of hydrogen-bond acceptors (Lipinski definition) is 10. The molecule has 15 heterocycles. The van der Waals surface area contributed by atoms with Gasteiger partial charge >= 0.3 is 0 Å². The van der Waals surface area contributed by atoms with Gasteiger partial charge in [-0.1, -0.05) is 194 Å². The van der Waals surface area contributed by atoms with Crippen molar-refractivity contribution in [1.82, 2.24) is 24.9 Å². The van der Waals surface area contributed by atoms with Crippen molar-refractivity contribution in [2.75, 3.05) is 0 Å². The second kappa shape index (κ2) is 37.7. The van der Waals surface area contributed by atoms with E-state index in [9.17, 15) is 0 Å². The van der Waals surface area contributed by atoms with Gasteiger partial charge in [0, 0.05) is 152 Å². The van der Waals surface area contributed by atoms with Crippen LogP contribution in [-0.2, 0) is 35.2 Å². The minimum atomic E-state index is -2.26. The Morgan fingerprint density at radius 3 is 0.809 bits per heavy atom. The van der Waals surface area contributed by atoms with Crippen LogP contribution >= 0.6 is 0 Å². The highest BCUT2D eigenvalue weighted by atomic mass is 16.4. The van der Waals surface area contributed by atoms with Crippen LogP contribution in [0.1, 0.15) is 69.4 Å². The normalized spacial score (nSPS) is 12.2. The van der Waals surface area contributed by atoms with Crippen LogP contribution in [0.3, 0.4) is 0 Å². The Morgan fingerprint density at radius 1 is 0.206 bits per heavy atom. The number of furan rings is 5. The SMILES string of the molecule is Cc1c[n+](C)c(-c2c(C)cc(C)c3c2oc2ncccc23)cc1-c1ccccc1.Cc1c[n+](C)c(-c2c(C)ccc3c2oc2ncccc23)cc1-c1ccccc1.Cc1cc(C)c2c(oc3ncccc32)c1-c1cc(-c2ccccc2)cc[n+]1C.[2H]C([2H])([2H])c1c[n+](C)c(-c2c(C)ccc3c2oc2ncccc23)cc1-c1ccccc1.[2H]C([2H])([2H])c1cc(C)c(-c2cc(-c3ccccc3)cc[n+]2C)c2oc3ncccc3c12. The first kappa shape index (κ1) is 83.1. The van der Waals surface area contributed by atoms with E-state index in [1.807, 2.05) is 140 Å². The fourth-order valence-corrected chi connectivity index (χ4v) is 20.3. The quantitative estimate of drug-likeness (QED) is 0.121. The third-order valence-electron chi connectivity index (χ3n) is 27.1. The Kier molecular flexibility index (Phi) is 22.2. The second-order valence-corrected chi connectivity index (χ2v) is 36.5. The van der Waals surface area contributed by atoms with Gasteiger partial charge in [0.25, 0.3) is 0 Å². The van der Waals surface area contributed by atoms with Gasteiger partial charge in [0.15, 0.2) is 58.9 Å². The highest BCUT2D eigenvalue weighted by Crippen LogP contribution is 2.46. The van der Waals surface area contributed by atoms with Gasteiger partial charge in [0.1, 0.15) is 35.2 Å². The number of rotatable bonds is 10. The van der Waals surface area contributed by atoms with Gasteiger partial charge in [-0.05, 0) is 237 Å². The summed E-state index contributed by atoms with van der Waals surface area (Å²) in [5, 5.41) is 9.86. The fourth-order valence-electron chi connectivity index (χ4n) is 20.3. The van der Waals surface area contributed by atoms with Crippen LogP contribution in [0.25, 0.3) is 222 Å². The van der Waals surface area contributed by atoms with E-state index in [0.717, 1.165) is 150 Å². The summed E-state index contributed by atoms with van der Waals surface area (Å²) in [5.41, 5.74) is 39.6. The molecule has 15 nitrogen and oxygen atoms in total. The van der Waals surface area contributed by atoms with Gasteiger partial charge in [-0.15, -0.1) is 0 Å². The minimum Gasteiger partial charge on any atom is -0.437 e. The molecule has 10 aromatic carbocycles. The predicted octanol–water partition coefficient (Wildman–Crippen LogP) is 29.1. The molecule has 0 bridgehead atoms. The van der Waals surface area contributed by atoms with E-state index < -0.39 is 13.7 Å². The standard InChI is InChI=1S/C26H23N2O.4C25H21N2O/c1-16-13-17(2)24(25-23(16)20-11-8-12-27-26(20)29-25)22-14-21(18(3)15-28(22)4)19-9-6-5-7-10-19;2*1-16-11-12-19-20-10-7-13-26-25(20)28-24(19)23(16)22-14-21(17(2)15-27(22)3)18-8-5-4-6-9-18;2*1-16-14-17(2)23(24-22(16)20-10-7-12-26-25(20)28-24)21-15-19(11-13-27(21)3)18-8-5-4-6-9-18/h5-15H,1-4H3;4*4-15H,1-3H3/q5*+1/i;2D3;;1D3;. The van der Waals surface area contributed by atoms with Crippen LogP contribution in [0.2, 0.25) is 0 Å². The average molecular weight is 1850 g/mol. The molecule has 686 valence electrons. The number of nitrogens with zero attached hydrogens (tertiary/aromatic N) is 10. The summed E-state index contributed by atoms with van der Waals surface area (Å²) in [4.78, 5) is 22.0. The number of benzene rings is 10. The molecule has 0 unspecified atom stereocenters. The summed E-state index contributed by atoms with van der Waals surface area (Å²) in [7, 11) is 10.1. The zero-order valence-corrected chi connectivity index (χ0v) is 81.1. The maximum atomic E-state index is 8.10. The lowest BCUT2D eigenvalue weighted by atomic mass is 9.94. The molecular weight excluding hydrogens is 1730 g/mol. The predicted molar refractivity (Wildman–Crippen MR) is 570 cm³/mol. The molecule has 0 radical (unpaired) electrons. The van der Waals surface area contributed by atoms with Crippen LogP contribution in [0, 0.1) is 76.0 Å². The van der Waals surface area contributed by atoms with Crippen LogP contribution < -0.4 is 22.8 Å². The van der Waals surface area contributed by atoms with E-state index in [0.29, 0.717) is 56.0 Å². The van der Waals surface area contributed by atoms with Gasteiger partial charge in [0.2, 0.25) is 57.0 Å². The first-order chi connectivity index (χ1) is 71.0. The molecule has 0 saturated heterocycles.